The summed E-state index contributed by atoms with van der Waals surface area (Å²) in [5.74, 6) is 1.32. The van der Waals surface area contributed by atoms with Crippen molar-refractivity contribution in [3.8, 4) is 0 Å². The molecule has 8 heteroatoms. The highest BCUT2D eigenvalue weighted by Crippen LogP contribution is 2.25. The lowest BCUT2D eigenvalue weighted by molar-refractivity contribution is 0.316. The van der Waals surface area contributed by atoms with Gasteiger partial charge < -0.3 is 10.6 Å². The molecule has 0 spiro atoms. The summed E-state index contributed by atoms with van der Waals surface area (Å²) in [5, 5.41) is 6.19. The zero-order valence-electron chi connectivity index (χ0n) is 13.7. The molecule has 3 N–H and O–H groups in total. The van der Waals surface area contributed by atoms with Crippen LogP contribution in [0.2, 0.25) is 0 Å². The molecular formula is C14H31IN4O2S. The third-order valence-electron chi connectivity index (χ3n) is 3.61. The Balaban J connectivity index is 0.00000441. The topological polar surface area (TPSA) is 82.6 Å². The predicted molar refractivity (Wildman–Crippen MR) is 103 cm³/mol. The van der Waals surface area contributed by atoms with Crippen LogP contribution in [0.4, 0.5) is 0 Å². The molecule has 0 heterocycles. The van der Waals surface area contributed by atoms with Gasteiger partial charge in [0, 0.05) is 26.2 Å². The lowest BCUT2D eigenvalue weighted by Gasteiger charge is -2.25. The second-order valence-electron chi connectivity index (χ2n) is 5.51. The maximum absolute atomic E-state index is 11.9. The van der Waals surface area contributed by atoms with Crippen LogP contribution in [0.15, 0.2) is 4.99 Å². The number of aliphatic imine (C=N–C) groups is 1. The Morgan fingerprint density at radius 2 is 1.95 bits per heavy atom. The first-order valence-electron chi connectivity index (χ1n) is 8.07. The number of unbranched alkanes of at least 4 members (excludes halogenated alkanes) is 1. The summed E-state index contributed by atoms with van der Waals surface area (Å²) in [7, 11) is -3.18. The minimum absolute atomic E-state index is 0. The van der Waals surface area contributed by atoms with Gasteiger partial charge in [0.1, 0.15) is 0 Å². The molecule has 1 aliphatic carbocycles. The van der Waals surface area contributed by atoms with Gasteiger partial charge in [0.2, 0.25) is 10.0 Å². The van der Waals surface area contributed by atoms with Crippen LogP contribution in [-0.4, -0.2) is 46.3 Å². The Hall–Kier alpha value is -0.0900. The normalized spacial score (nSPS) is 15.8. The van der Waals surface area contributed by atoms with Crippen LogP contribution in [0.1, 0.15) is 46.0 Å². The monoisotopic (exact) mass is 446 g/mol. The van der Waals surface area contributed by atoms with Crippen molar-refractivity contribution < 1.29 is 8.42 Å². The van der Waals surface area contributed by atoms with Gasteiger partial charge in [-0.15, -0.1) is 24.0 Å². The van der Waals surface area contributed by atoms with Gasteiger partial charge in [-0.3, -0.25) is 4.99 Å². The van der Waals surface area contributed by atoms with Crippen LogP contribution in [0.25, 0.3) is 0 Å². The highest BCUT2D eigenvalue weighted by Gasteiger charge is 2.19. The van der Waals surface area contributed by atoms with Crippen molar-refractivity contribution in [3.63, 3.8) is 0 Å². The molecule has 1 aliphatic rings. The minimum Gasteiger partial charge on any atom is -0.357 e. The fourth-order valence-electron chi connectivity index (χ4n) is 2.01. The van der Waals surface area contributed by atoms with Crippen molar-refractivity contribution in [2.24, 2.45) is 10.9 Å². The number of hydrogen-bond donors (Lipinski definition) is 3. The van der Waals surface area contributed by atoms with E-state index in [9.17, 15) is 8.42 Å². The molecule has 1 fully saturated rings. The third-order valence-corrected chi connectivity index (χ3v) is 4.95. The molecule has 0 aromatic heterocycles. The van der Waals surface area contributed by atoms with Crippen molar-refractivity contribution in [2.75, 3.05) is 31.9 Å². The first-order valence-corrected chi connectivity index (χ1v) is 9.72. The largest absolute Gasteiger partial charge is 0.357 e. The molecule has 0 radical (unpaired) electrons. The molecule has 0 bridgehead atoms. The average Bonchev–Trinajstić information content (AvgIpc) is 2.37. The zero-order valence-corrected chi connectivity index (χ0v) is 16.9. The number of sulfonamides is 1. The molecule has 0 aromatic carbocycles. The summed E-state index contributed by atoms with van der Waals surface area (Å²) < 4.78 is 26.4. The van der Waals surface area contributed by atoms with Gasteiger partial charge >= 0.3 is 0 Å². The molecule has 132 valence electrons. The van der Waals surface area contributed by atoms with E-state index in [1.165, 1.54) is 6.42 Å². The molecule has 0 atom stereocenters. The second-order valence-corrected chi connectivity index (χ2v) is 7.43. The molecule has 0 unspecified atom stereocenters. The van der Waals surface area contributed by atoms with Crippen molar-refractivity contribution in [1.29, 1.82) is 0 Å². The highest BCUT2D eigenvalue weighted by molar-refractivity contribution is 14.0. The number of guanidine groups is 1. The quantitative estimate of drug-likeness (QED) is 0.206. The van der Waals surface area contributed by atoms with E-state index < -0.39 is 10.0 Å². The van der Waals surface area contributed by atoms with E-state index in [4.69, 9.17) is 0 Å². The molecule has 22 heavy (non-hydrogen) atoms. The molecule has 0 aromatic rings. The van der Waals surface area contributed by atoms with Crippen LogP contribution >= 0.6 is 24.0 Å². The summed E-state index contributed by atoms with van der Waals surface area (Å²) in [6, 6.07) is 0. The van der Waals surface area contributed by atoms with Gasteiger partial charge in [0.05, 0.1) is 5.75 Å². The zero-order chi connectivity index (χ0) is 15.6. The Morgan fingerprint density at radius 3 is 2.50 bits per heavy atom. The van der Waals surface area contributed by atoms with Crippen LogP contribution in [0.5, 0.6) is 0 Å². The summed E-state index contributed by atoms with van der Waals surface area (Å²) >= 11 is 0. The maximum Gasteiger partial charge on any atom is 0.213 e. The molecule has 1 rings (SSSR count). The van der Waals surface area contributed by atoms with Gasteiger partial charge in [0.15, 0.2) is 5.96 Å². The van der Waals surface area contributed by atoms with E-state index in [0.717, 1.165) is 38.8 Å². The first-order chi connectivity index (χ1) is 10.1. The summed E-state index contributed by atoms with van der Waals surface area (Å²) in [6.45, 7) is 6.61. The van der Waals surface area contributed by atoms with Gasteiger partial charge in [-0.1, -0.05) is 19.8 Å². The molecule has 1 saturated carbocycles. The molecule has 0 saturated heterocycles. The number of nitrogens with zero attached hydrogens (tertiary/aromatic N) is 1. The van der Waals surface area contributed by atoms with E-state index in [2.05, 4.69) is 27.3 Å². The Labute approximate surface area is 152 Å². The molecular weight excluding hydrogens is 415 g/mol. The third kappa shape index (κ3) is 9.83. The Morgan fingerprint density at radius 1 is 1.23 bits per heavy atom. The van der Waals surface area contributed by atoms with Gasteiger partial charge in [-0.25, -0.2) is 13.1 Å². The average molecular weight is 446 g/mol. The second kappa shape index (κ2) is 12.3. The fourth-order valence-corrected chi connectivity index (χ4v) is 3.01. The van der Waals surface area contributed by atoms with Crippen LogP contribution in [0, 0.1) is 5.92 Å². The number of rotatable bonds is 10. The lowest BCUT2D eigenvalue weighted by atomic mass is 9.86. The van der Waals surface area contributed by atoms with Gasteiger partial charge in [0.25, 0.3) is 0 Å². The minimum atomic E-state index is -3.18. The predicted octanol–water partition coefficient (Wildman–Crippen LogP) is 1.68. The van der Waals surface area contributed by atoms with Crippen molar-refractivity contribution in [3.05, 3.63) is 0 Å². The summed E-state index contributed by atoms with van der Waals surface area (Å²) in [4.78, 5) is 4.40. The first kappa shape index (κ1) is 21.9. The number of nitrogens with one attached hydrogen (secondary N) is 3. The highest BCUT2D eigenvalue weighted by atomic mass is 127. The van der Waals surface area contributed by atoms with E-state index >= 15 is 0 Å². The molecule has 6 nitrogen and oxygen atoms in total. The van der Waals surface area contributed by atoms with Crippen LogP contribution in [-0.2, 0) is 10.0 Å². The van der Waals surface area contributed by atoms with Crippen molar-refractivity contribution in [1.82, 2.24) is 15.4 Å². The van der Waals surface area contributed by atoms with Crippen molar-refractivity contribution >= 4 is 40.0 Å². The number of halogens is 1. The van der Waals surface area contributed by atoms with Crippen LogP contribution in [0.3, 0.4) is 0 Å². The lowest BCUT2D eigenvalue weighted by Crippen LogP contribution is -2.42. The summed E-state index contributed by atoms with van der Waals surface area (Å²) in [6.07, 6.45) is 5.67. The van der Waals surface area contributed by atoms with E-state index in [1.54, 1.807) is 0 Å². The SMILES string of the molecule is CCCCN=C(NCC)NCCS(=O)(=O)NCC1CCC1.I. The van der Waals surface area contributed by atoms with E-state index in [-0.39, 0.29) is 29.7 Å². The fraction of sp³-hybridized carbons (Fsp3) is 0.929. The summed E-state index contributed by atoms with van der Waals surface area (Å²) in [5.41, 5.74) is 0. The van der Waals surface area contributed by atoms with Gasteiger partial charge in [-0.05, 0) is 32.1 Å². The van der Waals surface area contributed by atoms with E-state index in [0.29, 0.717) is 25.0 Å². The standard InChI is InChI=1S/C14H30N4O2S.HI/c1-3-5-9-16-14(15-4-2)17-10-11-21(19,20)18-12-13-7-6-8-13;/h13,18H,3-12H2,1-2H3,(H2,15,16,17);1H. The molecule has 0 amide bonds. The van der Waals surface area contributed by atoms with E-state index in [1.807, 2.05) is 6.92 Å². The number of hydrogen-bond acceptors (Lipinski definition) is 3. The molecule has 0 aliphatic heterocycles. The smallest absolute Gasteiger partial charge is 0.213 e. The van der Waals surface area contributed by atoms with Crippen molar-refractivity contribution in [2.45, 2.75) is 46.0 Å². The van der Waals surface area contributed by atoms with Gasteiger partial charge in [-0.2, -0.15) is 0 Å². The Kier molecular flexibility index (Phi) is 12.3. The maximum atomic E-state index is 11.9. The Bertz CT molecular complexity index is 411. The van der Waals surface area contributed by atoms with Crippen LogP contribution < -0.4 is 15.4 Å².